The van der Waals surface area contributed by atoms with Crippen LogP contribution in [-0.4, -0.2) is 64.6 Å². The number of hydrogen-bond donors (Lipinski definition) is 0. The lowest BCUT2D eigenvalue weighted by Gasteiger charge is -2.35. The predicted molar refractivity (Wildman–Crippen MR) is 148 cm³/mol. The van der Waals surface area contributed by atoms with Gasteiger partial charge in [-0.2, -0.15) is 5.10 Å². The second-order valence-electron chi connectivity index (χ2n) is 10.9. The lowest BCUT2D eigenvalue weighted by molar-refractivity contribution is 0.0138. The Hall–Kier alpha value is -3.79. The minimum atomic E-state index is -0.565. The van der Waals surface area contributed by atoms with Crippen molar-refractivity contribution in [1.82, 2.24) is 19.6 Å². The number of amides is 1. The highest BCUT2D eigenvalue weighted by molar-refractivity contribution is 5.68. The molecular formula is C30H36F2N4O4. The molecule has 8 nitrogen and oxygen atoms in total. The molecule has 0 saturated carbocycles. The van der Waals surface area contributed by atoms with Gasteiger partial charge in [-0.05, 0) is 75.6 Å². The van der Waals surface area contributed by atoms with Crippen LogP contribution in [0, 0.1) is 11.6 Å². The first kappa shape index (κ1) is 29.2. The summed E-state index contributed by atoms with van der Waals surface area (Å²) >= 11 is 0. The molecule has 10 heteroatoms. The van der Waals surface area contributed by atoms with Gasteiger partial charge in [0.1, 0.15) is 11.4 Å². The fraction of sp³-hybridized carbons (Fsp3) is 0.433. The van der Waals surface area contributed by atoms with Gasteiger partial charge in [0.05, 0.1) is 12.8 Å². The number of nitrogens with zero attached hydrogens (tertiary/aromatic N) is 4. The molecule has 1 aliphatic heterocycles. The molecule has 4 rings (SSSR count). The number of ether oxygens (including phenoxy) is 2. The van der Waals surface area contributed by atoms with E-state index in [0.717, 1.165) is 5.56 Å². The number of aryl methyl sites for hydroxylation is 2. The molecule has 1 amide bonds. The van der Waals surface area contributed by atoms with Gasteiger partial charge in [-0.3, -0.25) is 9.69 Å². The molecule has 214 valence electrons. The normalized spacial score (nSPS) is 14.3. The SMILES string of the molecule is COc1ccc(-c2cc(CN3CCN(C(=O)OC(C)(C)C)CC3)c(=O)n(CCCc3ccc(F)cc3)n2)cc1F. The zero-order valence-corrected chi connectivity index (χ0v) is 23.5. The summed E-state index contributed by atoms with van der Waals surface area (Å²) in [6.07, 6.45) is 0.924. The van der Waals surface area contributed by atoms with Crippen molar-refractivity contribution in [2.45, 2.75) is 52.3 Å². The summed E-state index contributed by atoms with van der Waals surface area (Å²) in [5.41, 5.74) is 1.72. The highest BCUT2D eigenvalue weighted by atomic mass is 19.1. The van der Waals surface area contributed by atoms with Crippen LogP contribution in [0.1, 0.15) is 38.3 Å². The Morgan fingerprint density at radius 2 is 1.70 bits per heavy atom. The molecule has 0 bridgehead atoms. The number of hydrogen-bond acceptors (Lipinski definition) is 6. The van der Waals surface area contributed by atoms with E-state index in [4.69, 9.17) is 9.47 Å². The summed E-state index contributed by atoms with van der Waals surface area (Å²) in [5.74, 6) is -0.687. The predicted octanol–water partition coefficient (Wildman–Crippen LogP) is 4.88. The zero-order valence-electron chi connectivity index (χ0n) is 23.5. The molecular weight excluding hydrogens is 518 g/mol. The van der Waals surface area contributed by atoms with E-state index in [1.165, 1.54) is 36.1 Å². The minimum absolute atomic E-state index is 0.124. The largest absolute Gasteiger partial charge is 0.494 e. The number of carbonyl (C=O) groups is 1. The van der Waals surface area contributed by atoms with Crippen molar-refractivity contribution < 1.29 is 23.0 Å². The van der Waals surface area contributed by atoms with E-state index >= 15 is 0 Å². The van der Waals surface area contributed by atoms with E-state index in [2.05, 4.69) is 10.00 Å². The molecule has 3 aromatic rings. The molecule has 0 spiro atoms. The van der Waals surface area contributed by atoms with Crippen molar-refractivity contribution in [3.8, 4) is 17.0 Å². The maximum Gasteiger partial charge on any atom is 0.410 e. The van der Waals surface area contributed by atoms with Crippen LogP contribution < -0.4 is 10.3 Å². The zero-order chi connectivity index (χ0) is 28.9. The smallest absolute Gasteiger partial charge is 0.410 e. The second kappa shape index (κ2) is 12.6. The molecule has 2 heterocycles. The van der Waals surface area contributed by atoms with E-state index in [-0.39, 0.29) is 23.2 Å². The Morgan fingerprint density at radius 3 is 2.33 bits per heavy atom. The van der Waals surface area contributed by atoms with Crippen LogP contribution in [-0.2, 0) is 24.2 Å². The molecule has 0 atom stereocenters. The van der Waals surface area contributed by atoms with Crippen LogP contribution >= 0.6 is 0 Å². The number of aromatic nitrogens is 2. The summed E-state index contributed by atoms with van der Waals surface area (Å²) in [5, 5.41) is 4.56. The number of carbonyl (C=O) groups excluding carboxylic acids is 1. The van der Waals surface area contributed by atoms with Crippen LogP contribution in [0.4, 0.5) is 13.6 Å². The first-order chi connectivity index (χ1) is 19.0. The van der Waals surface area contributed by atoms with Gasteiger partial charge in [-0.15, -0.1) is 0 Å². The van der Waals surface area contributed by atoms with Crippen molar-refractivity contribution >= 4 is 6.09 Å². The van der Waals surface area contributed by atoms with Gasteiger partial charge in [0, 0.05) is 50.4 Å². The molecule has 1 saturated heterocycles. The van der Waals surface area contributed by atoms with Gasteiger partial charge in [0.15, 0.2) is 11.6 Å². The van der Waals surface area contributed by atoms with E-state index in [1.807, 2.05) is 20.8 Å². The Kier molecular flexibility index (Phi) is 9.19. The number of halogens is 2. The topological polar surface area (TPSA) is 76.9 Å². The van der Waals surface area contributed by atoms with Gasteiger partial charge in [0.25, 0.3) is 5.56 Å². The standard InChI is InChI=1S/C30H36F2N4O4/c1-30(2,3)40-29(38)35-16-14-34(15-17-35)20-23-19-26(22-9-12-27(39-4)25(32)18-22)33-36(28(23)37)13-5-6-21-7-10-24(31)11-8-21/h7-12,18-19H,5-6,13-17,20H2,1-4H3. The second-order valence-corrected chi connectivity index (χ2v) is 10.9. The van der Waals surface area contributed by atoms with Gasteiger partial charge in [-0.25, -0.2) is 18.3 Å². The fourth-order valence-corrected chi connectivity index (χ4v) is 4.57. The van der Waals surface area contributed by atoms with E-state index in [9.17, 15) is 18.4 Å². The van der Waals surface area contributed by atoms with E-state index < -0.39 is 11.4 Å². The van der Waals surface area contributed by atoms with Crippen LogP contribution in [0.3, 0.4) is 0 Å². The number of methoxy groups -OCH3 is 1. The molecule has 1 aliphatic rings. The van der Waals surface area contributed by atoms with Crippen molar-refractivity contribution in [3.05, 3.63) is 81.6 Å². The van der Waals surface area contributed by atoms with Crippen molar-refractivity contribution in [3.63, 3.8) is 0 Å². The van der Waals surface area contributed by atoms with Crippen molar-refractivity contribution in [1.29, 1.82) is 0 Å². The molecule has 1 fully saturated rings. The summed E-state index contributed by atoms with van der Waals surface area (Å²) < 4.78 is 39.7. The Balaban J connectivity index is 1.53. The monoisotopic (exact) mass is 554 g/mol. The first-order valence-corrected chi connectivity index (χ1v) is 13.4. The Labute approximate surface area is 233 Å². The minimum Gasteiger partial charge on any atom is -0.494 e. The lowest BCUT2D eigenvalue weighted by atomic mass is 10.1. The number of rotatable bonds is 8. The van der Waals surface area contributed by atoms with E-state index in [0.29, 0.717) is 68.9 Å². The molecule has 40 heavy (non-hydrogen) atoms. The third kappa shape index (κ3) is 7.65. The third-order valence-electron chi connectivity index (χ3n) is 6.66. The highest BCUT2D eigenvalue weighted by Gasteiger charge is 2.26. The van der Waals surface area contributed by atoms with Crippen LogP contribution in [0.25, 0.3) is 11.3 Å². The quantitative estimate of drug-likeness (QED) is 0.395. The lowest BCUT2D eigenvalue weighted by Crippen LogP contribution is -2.50. The summed E-state index contributed by atoms with van der Waals surface area (Å²) in [4.78, 5) is 29.7. The average Bonchev–Trinajstić information content (AvgIpc) is 2.91. The molecule has 0 aliphatic carbocycles. The van der Waals surface area contributed by atoms with Gasteiger partial charge in [0.2, 0.25) is 0 Å². The Bertz CT molecular complexity index is 1380. The van der Waals surface area contributed by atoms with Crippen LogP contribution in [0.15, 0.2) is 53.3 Å². The Morgan fingerprint density at radius 1 is 1.00 bits per heavy atom. The highest BCUT2D eigenvalue weighted by Crippen LogP contribution is 2.25. The summed E-state index contributed by atoms with van der Waals surface area (Å²) in [6, 6.07) is 12.6. The van der Waals surface area contributed by atoms with Crippen LogP contribution in [0.5, 0.6) is 5.75 Å². The molecule has 0 unspecified atom stereocenters. The van der Waals surface area contributed by atoms with Crippen molar-refractivity contribution in [2.24, 2.45) is 0 Å². The fourth-order valence-electron chi connectivity index (χ4n) is 4.57. The maximum atomic E-state index is 14.5. The molecule has 0 radical (unpaired) electrons. The average molecular weight is 555 g/mol. The molecule has 1 aromatic heterocycles. The first-order valence-electron chi connectivity index (χ1n) is 13.4. The molecule has 2 aromatic carbocycles. The van der Waals surface area contributed by atoms with Crippen LogP contribution in [0.2, 0.25) is 0 Å². The number of benzene rings is 2. The maximum absolute atomic E-state index is 14.5. The van der Waals surface area contributed by atoms with Gasteiger partial charge < -0.3 is 14.4 Å². The number of piperazine rings is 1. The third-order valence-corrected chi connectivity index (χ3v) is 6.66. The van der Waals surface area contributed by atoms with Gasteiger partial charge >= 0.3 is 6.09 Å². The van der Waals surface area contributed by atoms with Gasteiger partial charge in [-0.1, -0.05) is 12.1 Å². The van der Waals surface area contributed by atoms with E-state index in [1.54, 1.807) is 29.2 Å². The summed E-state index contributed by atoms with van der Waals surface area (Å²) in [7, 11) is 1.40. The molecule has 0 N–H and O–H groups in total. The van der Waals surface area contributed by atoms with Crippen molar-refractivity contribution in [2.75, 3.05) is 33.3 Å². The summed E-state index contributed by atoms with van der Waals surface area (Å²) in [6.45, 7) is 8.36.